The molecule has 6 rings (SSSR count). The van der Waals surface area contributed by atoms with Crippen molar-refractivity contribution in [2.45, 2.75) is 24.2 Å². The highest BCUT2D eigenvalue weighted by Crippen LogP contribution is 2.50. The van der Waals surface area contributed by atoms with Gasteiger partial charge in [-0.05, 0) is 48.6 Å². The Bertz CT molecular complexity index is 1380. The van der Waals surface area contributed by atoms with Crippen LogP contribution in [0.3, 0.4) is 0 Å². The van der Waals surface area contributed by atoms with E-state index in [1.54, 1.807) is 0 Å². The molecule has 5 nitrogen and oxygen atoms in total. The predicted octanol–water partition coefficient (Wildman–Crippen LogP) is 6.52. The first-order valence-electron chi connectivity index (χ1n) is 10.7. The highest BCUT2D eigenvalue weighted by molar-refractivity contribution is 7.98. The van der Waals surface area contributed by atoms with Crippen molar-refractivity contribution in [3.63, 3.8) is 0 Å². The number of hydrogen-bond donors (Lipinski definition) is 1. The highest BCUT2D eigenvalue weighted by Gasteiger charge is 2.41. The van der Waals surface area contributed by atoms with E-state index >= 15 is 0 Å². The molecule has 0 unspecified atom stereocenters. The van der Waals surface area contributed by atoms with E-state index in [2.05, 4.69) is 42.6 Å². The molecule has 164 valence electrons. The zero-order valence-electron chi connectivity index (χ0n) is 18.1. The molecule has 2 atom stereocenters. The van der Waals surface area contributed by atoms with Gasteiger partial charge in [0.1, 0.15) is 17.9 Å². The number of halogens is 1. The summed E-state index contributed by atoms with van der Waals surface area (Å²) in [6.07, 6.45) is 1.69. The number of aryl methyl sites for hydroxylation is 1. The van der Waals surface area contributed by atoms with E-state index in [1.165, 1.54) is 17.3 Å². The van der Waals surface area contributed by atoms with E-state index in [0.29, 0.717) is 5.02 Å². The molecule has 0 radical (unpaired) electrons. The molecule has 0 aliphatic carbocycles. The SMILES string of the molecule is CSc1nc2n(n1)[C@H](c1ccc(C)cc1)C1=C(N2)c2ccccc2O[C@H]1c1ccc(Cl)cc1. The third kappa shape index (κ3) is 3.41. The fraction of sp³-hybridized carbons (Fsp3) is 0.154. The van der Waals surface area contributed by atoms with E-state index < -0.39 is 0 Å². The quantitative estimate of drug-likeness (QED) is 0.344. The molecular weight excluding hydrogens is 452 g/mol. The number of fused-ring (bicyclic) bond motifs is 3. The normalized spacial score (nSPS) is 18.6. The van der Waals surface area contributed by atoms with Crippen molar-refractivity contribution >= 4 is 35.0 Å². The van der Waals surface area contributed by atoms with Crippen LogP contribution in [0.2, 0.25) is 5.02 Å². The second kappa shape index (κ2) is 7.97. The summed E-state index contributed by atoms with van der Waals surface area (Å²) in [5.41, 5.74) is 6.53. The smallest absolute Gasteiger partial charge is 0.227 e. The zero-order valence-corrected chi connectivity index (χ0v) is 19.7. The lowest BCUT2D eigenvalue weighted by Crippen LogP contribution is -2.32. The zero-order chi connectivity index (χ0) is 22.5. The van der Waals surface area contributed by atoms with Crippen LogP contribution in [0.5, 0.6) is 5.75 Å². The molecule has 4 aromatic rings. The van der Waals surface area contributed by atoms with Crippen LogP contribution in [-0.4, -0.2) is 21.0 Å². The van der Waals surface area contributed by atoms with Crippen LogP contribution in [0.1, 0.15) is 34.4 Å². The van der Waals surface area contributed by atoms with Crippen molar-refractivity contribution in [3.8, 4) is 5.75 Å². The number of rotatable bonds is 3. The molecule has 0 spiro atoms. The topological polar surface area (TPSA) is 52.0 Å². The fourth-order valence-corrected chi connectivity index (χ4v) is 5.00. The summed E-state index contributed by atoms with van der Waals surface area (Å²) >= 11 is 7.74. The molecule has 7 heteroatoms. The third-order valence-electron chi connectivity index (χ3n) is 6.11. The van der Waals surface area contributed by atoms with Crippen molar-refractivity contribution in [3.05, 3.63) is 106 Å². The average molecular weight is 473 g/mol. The van der Waals surface area contributed by atoms with E-state index in [9.17, 15) is 0 Å². The van der Waals surface area contributed by atoms with Crippen LogP contribution in [0, 0.1) is 6.92 Å². The molecule has 0 amide bonds. The summed E-state index contributed by atoms with van der Waals surface area (Å²) in [5, 5.41) is 9.84. The summed E-state index contributed by atoms with van der Waals surface area (Å²) < 4.78 is 8.62. The Morgan fingerprint density at radius 3 is 2.45 bits per heavy atom. The molecular formula is C26H21ClN4OS. The number of aromatic nitrogens is 3. The van der Waals surface area contributed by atoms with Crippen LogP contribution >= 0.6 is 23.4 Å². The van der Waals surface area contributed by atoms with E-state index in [1.807, 2.05) is 53.4 Å². The predicted molar refractivity (Wildman–Crippen MR) is 133 cm³/mol. The molecule has 3 aromatic carbocycles. The standard InChI is InChI=1S/C26H21ClN4OS/c1-15-7-9-16(10-8-15)23-21-22(28-25-29-26(33-2)30-31(23)25)19-5-3-4-6-20(19)32-24(21)17-11-13-18(27)14-12-17/h3-14,23-24H,1-2H3,(H,28,29,30)/t23-,24+/m1/s1. The van der Waals surface area contributed by atoms with Gasteiger partial charge in [0.05, 0.1) is 5.70 Å². The fourth-order valence-electron chi connectivity index (χ4n) is 4.53. The van der Waals surface area contributed by atoms with Crippen LogP contribution in [0.15, 0.2) is 83.5 Å². The summed E-state index contributed by atoms with van der Waals surface area (Å²) in [7, 11) is 0. The molecule has 0 bridgehead atoms. The highest BCUT2D eigenvalue weighted by atomic mass is 35.5. The number of nitrogens with zero attached hydrogens (tertiary/aromatic N) is 3. The van der Waals surface area contributed by atoms with Crippen LogP contribution in [0.4, 0.5) is 5.95 Å². The van der Waals surface area contributed by atoms with Gasteiger partial charge in [-0.2, -0.15) is 4.98 Å². The number of thioether (sulfide) groups is 1. The van der Waals surface area contributed by atoms with Crippen molar-refractivity contribution in [2.24, 2.45) is 0 Å². The van der Waals surface area contributed by atoms with Crippen LogP contribution < -0.4 is 10.1 Å². The third-order valence-corrected chi connectivity index (χ3v) is 6.90. The van der Waals surface area contributed by atoms with Crippen molar-refractivity contribution in [1.82, 2.24) is 14.8 Å². The summed E-state index contributed by atoms with van der Waals surface area (Å²) in [5.74, 6) is 1.57. The maximum atomic E-state index is 6.64. The van der Waals surface area contributed by atoms with E-state index in [-0.39, 0.29) is 12.1 Å². The van der Waals surface area contributed by atoms with Gasteiger partial charge in [-0.1, -0.05) is 77.5 Å². The Morgan fingerprint density at radius 2 is 1.70 bits per heavy atom. The van der Waals surface area contributed by atoms with Gasteiger partial charge >= 0.3 is 0 Å². The second-order valence-electron chi connectivity index (χ2n) is 8.18. The summed E-state index contributed by atoms with van der Waals surface area (Å²) in [6.45, 7) is 2.10. The molecule has 0 saturated heterocycles. The van der Waals surface area contributed by atoms with Gasteiger partial charge in [0, 0.05) is 16.2 Å². The minimum Gasteiger partial charge on any atom is -0.480 e. The van der Waals surface area contributed by atoms with Crippen LogP contribution in [-0.2, 0) is 0 Å². The van der Waals surface area contributed by atoms with Gasteiger partial charge in [-0.3, -0.25) is 0 Å². The first-order valence-corrected chi connectivity index (χ1v) is 12.3. The average Bonchev–Trinajstić information content (AvgIpc) is 3.26. The first kappa shape index (κ1) is 20.4. The lowest BCUT2D eigenvalue weighted by molar-refractivity contribution is 0.223. The summed E-state index contributed by atoms with van der Waals surface area (Å²) in [6, 6.07) is 24.4. The number of benzene rings is 3. The maximum absolute atomic E-state index is 6.64. The largest absolute Gasteiger partial charge is 0.480 e. The summed E-state index contributed by atoms with van der Waals surface area (Å²) in [4.78, 5) is 4.75. The Balaban J connectivity index is 1.62. The molecule has 0 saturated carbocycles. The molecule has 1 N–H and O–H groups in total. The number of para-hydroxylation sites is 1. The molecule has 33 heavy (non-hydrogen) atoms. The molecule has 2 aliphatic rings. The molecule has 0 fully saturated rings. The Kier molecular flexibility index (Phi) is 4.93. The van der Waals surface area contributed by atoms with Gasteiger partial charge in [-0.15, -0.1) is 5.10 Å². The van der Waals surface area contributed by atoms with Gasteiger partial charge < -0.3 is 10.1 Å². The minimum absolute atomic E-state index is 0.167. The van der Waals surface area contributed by atoms with Crippen molar-refractivity contribution < 1.29 is 4.74 Å². The van der Waals surface area contributed by atoms with Gasteiger partial charge in [-0.25, -0.2) is 4.68 Å². The molecule has 3 heterocycles. The number of hydrogen-bond acceptors (Lipinski definition) is 5. The Morgan fingerprint density at radius 1 is 0.970 bits per heavy atom. The number of nitrogens with one attached hydrogen (secondary N) is 1. The van der Waals surface area contributed by atoms with E-state index in [4.69, 9.17) is 26.4 Å². The number of ether oxygens (including phenoxy) is 1. The van der Waals surface area contributed by atoms with Gasteiger partial charge in [0.15, 0.2) is 0 Å². The lowest BCUT2D eigenvalue weighted by atomic mass is 9.84. The maximum Gasteiger partial charge on any atom is 0.227 e. The number of anilines is 1. The van der Waals surface area contributed by atoms with Gasteiger partial charge in [0.2, 0.25) is 11.1 Å². The first-order chi connectivity index (χ1) is 16.1. The minimum atomic E-state index is -0.305. The van der Waals surface area contributed by atoms with Crippen molar-refractivity contribution in [2.75, 3.05) is 11.6 Å². The second-order valence-corrected chi connectivity index (χ2v) is 9.39. The monoisotopic (exact) mass is 472 g/mol. The molecule has 1 aromatic heterocycles. The Hall–Kier alpha value is -3.22. The van der Waals surface area contributed by atoms with Gasteiger partial charge in [0.25, 0.3) is 0 Å². The molecule has 2 aliphatic heterocycles. The lowest BCUT2D eigenvalue weighted by Gasteiger charge is -2.39. The Labute approximate surface area is 201 Å². The van der Waals surface area contributed by atoms with Crippen molar-refractivity contribution in [1.29, 1.82) is 0 Å². The van der Waals surface area contributed by atoms with E-state index in [0.717, 1.165) is 44.8 Å². The van der Waals surface area contributed by atoms with Crippen LogP contribution in [0.25, 0.3) is 5.70 Å².